The summed E-state index contributed by atoms with van der Waals surface area (Å²) >= 11 is 0. The highest BCUT2D eigenvalue weighted by Gasteiger charge is 2.36. The van der Waals surface area contributed by atoms with Crippen LogP contribution in [0.1, 0.15) is 53.4 Å². The third kappa shape index (κ3) is 5.64. The molecule has 0 atom stereocenters. The number of carbonyl (C=O) groups is 1. The first-order chi connectivity index (χ1) is 10.5. The van der Waals surface area contributed by atoms with Crippen molar-refractivity contribution in [2.45, 2.75) is 70.6 Å². The van der Waals surface area contributed by atoms with Crippen molar-refractivity contribution in [3.05, 3.63) is 0 Å². The molecule has 0 aromatic carbocycles. The topological polar surface area (TPSA) is 75.7 Å². The van der Waals surface area contributed by atoms with E-state index in [4.69, 9.17) is 4.74 Å². The molecular weight excluding hydrogens is 316 g/mol. The van der Waals surface area contributed by atoms with Crippen molar-refractivity contribution in [3.8, 4) is 0 Å². The first-order valence-corrected chi connectivity index (χ1v) is 10.3. The molecule has 2 heterocycles. The number of nitrogens with one attached hydrogen (secondary N) is 1. The first kappa shape index (κ1) is 18.5. The van der Waals surface area contributed by atoms with Gasteiger partial charge in [0, 0.05) is 24.7 Å². The SMILES string of the molecule is CC1(NC2CCS(=O)(=O)CC2)CCN(C(=O)OC(C)(C)C)CC1. The zero-order chi connectivity index (χ0) is 17.3. The maximum absolute atomic E-state index is 12.1. The summed E-state index contributed by atoms with van der Waals surface area (Å²) in [7, 11) is -2.82. The molecule has 2 saturated heterocycles. The molecule has 0 unspecified atom stereocenters. The van der Waals surface area contributed by atoms with Gasteiger partial charge in [-0.05, 0) is 53.4 Å². The fourth-order valence-corrected chi connectivity index (χ4v) is 4.67. The van der Waals surface area contributed by atoms with E-state index < -0.39 is 15.4 Å². The average molecular weight is 346 g/mol. The predicted octanol–water partition coefficient (Wildman–Crippen LogP) is 1.94. The van der Waals surface area contributed by atoms with Gasteiger partial charge in [-0.2, -0.15) is 0 Å². The minimum Gasteiger partial charge on any atom is -0.444 e. The Morgan fingerprint density at radius 3 is 2.17 bits per heavy atom. The molecule has 134 valence electrons. The zero-order valence-electron chi connectivity index (χ0n) is 14.7. The van der Waals surface area contributed by atoms with Crippen LogP contribution in [-0.4, -0.2) is 61.2 Å². The summed E-state index contributed by atoms with van der Waals surface area (Å²) in [6.07, 6.45) is 2.84. The number of hydrogen-bond donors (Lipinski definition) is 1. The van der Waals surface area contributed by atoms with E-state index in [0.717, 1.165) is 12.8 Å². The number of amides is 1. The third-order valence-electron chi connectivity index (χ3n) is 4.63. The monoisotopic (exact) mass is 346 g/mol. The molecule has 2 aliphatic rings. The highest BCUT2D eigenvalue weighted by molar-refractivity contribution is 7.91. The Morgan fingerprint density at radius 1 is 1.17 bits per heavy atom. The lowest BCUT2D eigenvalue weighted by atomic mass is 9.88. The summed E-state index contributed by atoms with van der Waals surface area (Å²) in [5, 5.41) is 3.64. The fraction of sp³-hybridized carbons (Fsp3) is 0.938. The molecule has 1 amide bonds. The van der Waals surface area contributed by atoms with Gasteiger partial charge in [0.2, 0.25) is 0 Å². The fourth-order valence-electron chi connectivity index (χ4n) is 3.18. The Balaban J connectivity index is 1.82. The van der Waals surface area contributed by atoms with Crippen LogP contribution in [0.15, 0.2) is 0 Å². The molecule has 0 saturated carbocycles. The number of piperidine rings is 1. The van der Waals surface area contributed by atoms with Gasteiger partial charge in [-0.25, -0.2) is 13.2 Å². The number of sulfone groups is 1. The lowest BCUT2D eigenvalue weighted by molar-refractivity contribution is 0.0150. The molecule has 0 bridgehead atoms. The average Bonchev–Trinajstić information content (AvgIpc) is 2.40. The predicted molar refractivity (Wildman–Crippen MR) is 90.3 cm³/mol. The highest BCUT2D eigenvalue weighted by Crippen LogP contribution is 2.26. The molecule has 0 aromatic heterocycles. The van der Waals surface area contributed by atoms with E-state index in [9.17, 15) is 13.2 Å². The Morgan fingerprint density at radius 2 is 1.70 bits per heavy atom. The summed E-state index contributed by atoms with van der Waals surface area (Å²) in [6, 6.07) is 0.261. The summed E-state index contributed by atoms with van der Waals surface area (Å²) < 4.78 is 28.4. The molecule has 0 radical (unpaired) electrons. The number of likely N-dealkylation sites (tertiary alicyclic amines) is 1. The van der Waals surface area contributed by atoms with Crippen LogP contribution < -0.4 is 5.32 Å². The van der Waals surface area contributed by atoms with Crippen LogP contribution in [0.3, 0.4) is 0 Å². The van der Waals surface area contributed by atoms with E-state index >= 15 is 0 Å². The number of nitrogens with zero attached hydrogens (tertiary/aromatic N) is 1. The van der Waals surface area contributed by atoms with Gasteiger partial charge in [0.1, 0.15) is 15.4 Å². The van der Waals surface area contributed by atoms with Gasteiger partial charge in [-0.3, -0.25) is 0 Å². The highest BCUT2D eigenvalue weighted by atomic mass is 32.2. The molecule has 0 spiro atoms. The van der Waals surface area contributed by atoms with Crippen molar-refractivity contribution in [2.75, 3.05) is 24.6 Å². The molecule has 6 nitrogen and oxygen atoms in total. The van der Waals surface area contributed by atoms with Gasteiger partial charge in [0.15, 0.2) is 0 Å². The molecule has 2 fully saturated rings. The minimum absolute atomic E-state index is 0.0374. The summed E-state index contributed by atoms with van der Waals surface area (Å²) in [6.45, 7) is 9.13. The molecule has 7 heteroatoms. The summed E-state index contributed by atoms with van der Waals surface area (Å²) in [5.41, 5.74) is -0.506. The van der Waals surface area contributed by atoms with Crippen LogP contribution in [0.25, 0.3) is 0 Å². The van der Waals surface area contributed by atoms with Gasteiger partial charge in [-0.15, -0.1) is 0 Å². The molecule has 0 aromatic rings. The van der Waals surface area contributed by atoms with Gasteiger partial charge < -0.3 is 15.0 Å². The molecule has 0 aliphatic carbocycles. The van der Waals surface area contributed by atoms with Crippen molar-refractivity contribution in [2.24, 2.45) is 0 Å². The van der Waals surface area contributed by atoms with Crippen molar-refractivity contribution in [3.63, 3.8) is 0 Å². The first-order valence-electron chi connectivity index (χ1n) is 8.44. The molecular formula is C16H30N2O4S. The van der Waals surface area contributed by atoms with Gasteiger partial charge in [-0.1, -0.05) is 0 Å². The molecule has 1 N–H and O–H groups in total. The minimum atomic E-state index is -2.82. The lowest BCUT2D eigenvalue weighted by Gasteiger charge is -2.43. The van der Waals surface area contributed by atoms with E-state index in [2.05, 4.69) is 12.2 Å². The second-order valence-electron chi connectivity index (χ2n) is 8.10. The second-order valence-corrected chi connectivity index (χ2v) is 10.4. The van der Waals surface area contributed by atoms with Crippen LogP contribution in [0.4, 0.5) is 4.79 Å². The van der Waals surface area contributed by atoms with Gasteiger partial charge in [0.25, 0.3) is 0 Å². The van der Waals surface area contributed by atoms with E-state index in [1.165, 1.54) is 0 Å². The van der Waals surface area contributed by atoms with Crippen LogP contribution in [0.5, 0.6) is 0 Å². The maximum Gasteiger partial charge on any atom is 0.410 e. The standard InChI is InChI=1S/C16H30N2O4S/c1-15(2,3)22-14(19)18-9-7-16(4,8-10-18)17-13-5-11-23(20,21)12-6-13/h13,17H,5-12H2,1-4H3. The summed E-state index contributed by atoms with van der Waals surface area (Å²) in [5.74, 6) is 0.565. The van der Waals surface area contributed by atoms with E-state index in [1.54, 1.807) is 4.90 Å². The zero-order valence-corrected chi connectivity index (χ0v) is 15.5. The van der Waals surface area contributed by atoms with Crippen molar-refractivity contribution >= 4 is 15.9 Å². The Labute approximate surface area is 139 Å². The number of carbonyl (C=O) groups excluding carboxylic acids is 1. The van der Waals surface area contributed by atoms with Gasteiger partial charge >= 0.3 is 6.09 Å². The Kier molecular flexibility index (Phi) is 5.31. The van der Waals surface area contributed by atoms with Crippen LogP contribution in [-0.2, 0) is 14.6 Å². The molecule has 23 heavy (non-hydrogen) atoms. The lowest BCUT2D eigenvalue weighted by Crippen LogP contribution is -2.57. The maximum atomic E-state index is 12.1. The van der Waals surface area contributed by atoms with Crippen molar-refractivity contribution < 1.29 is 17.9 Å². The second kappa shape index (κ2) is 6.59. The van der Waals surface area contributed by atoms with Crippen molar-refractivity contribution in [1.29, 1.82) is 0 Å². The normalized spacial score (nSPS) is 25.1. The number of hydrogen-bond acceptors (Lipinski definition) is 5. The summed E-state index contributed by atoms with van der Waals surface area (Å²) in [4.78, 5) is 13.9. The van der Waals surface area contributed by atoms with E-state index in [1.807, 2.05) is 20.8 Å². The molecule has 2 rings (SSSR count). The quantitative estimate of drug-likeness (QED) is 0.827. The largest absolute Gasteiger partial charge is 0.444 e. The number of ether oxygens (including phenoxy) is 1. The Bertz CT molecular complexity index is 517. The third-order valence-corrected chi connectivity index (χ3v) is 6.34. The van der Waals surface area contributed by atoms with Crippen LogP contribution >= 0.6 is 0 Å². The van der Waals surface area contributed by atoms with Crippen LogP contribution in [0, 0.1) is 0 Å². The van der Waals surface area contributed by atoms with Crippen LogP contribution in [0.2, 0.25) is 0 Å². The Hall–Kier alpha value is -0.820. The van der Waals surface area contributed by atoms with E-state index in [-0.39, 0.29) is 29.2 Å². The molecule has 2 aliphatic heterocycles. The van der Waals surface area contributed by atoms with Crippen molar-refractivity contribution in [1.82, 2.24) is 10.2 Å². The van der Waals surface area contributed by atoms with E-state index in [0.29, 0.717) is 25.9 Å². The smallest absolute Gasteiger partial charge is 0.410 e. The number of rotatable bonds is 2. The van der Waals surface area contributed by atoms with Gasteiger partial charge in [0.05, 0.1) is 11.5 Å².